The highest BCUT2D eigenvalue weighted by Crippen LogP contribution is 2.60. The van der Waals surface area contributed by atoms with Gasteiger partial charge in [-0.3, -0.25) is 10.1 Å². The van der Waals surface area contributed by atoms with E-state index in [9.17, 15) is 31.1 Å². The third-order valence-corrected chi connectivity index (χ3v) is 7.40. The van der Waals surface area contributed by atoms with Crippen molar-refractivity contribution in [2.45, 2.75) is 56.5 Å². The van der Waals surface area contributed by atoms with Gasteiger partial charge in [0.1, 0.15) is 0 Å². The van der Waals surface area contributed by atoms with E-state index in [0.717, 1.165) is 31.4 Å². The lowest BCUT2D eigenvalue weighted by Crippen LogP contribution is -2.76. The van der Waals surface area contributed by atoms with Crippen LogP contribution in [0.15, 0.2) is 24.3 Å². The molecular weight excluding hydrogens is 446 g/mol. The monoisotopic (exact) mass is 468 g/mol. The van der Waals surface area contributed by atoms with Gasteiger partial charge in [0.2, 0.25) is 0 Å². The summed E-state index contributed by atoms with van der Waals surface area (Å²) in [5.74, 6) is -0.391. The second-order valence-electron chi connectivity index (χ2n) is 9.48. The first-order valence-corrected chi connectivity index (χ1v) is 10.7. The van der Waals surface area contributed by atoms with Crippen molar-refractivity contribution >= 4 is 17.5 Å². The van der Waals surface area contributed by atoms with Crippen molar-refractivity contribution in [3.63, 3.8) is 0 Å². The van der Waals surface area contributed by atoms with E-state index in [0.29, 0.717) is 37.0 Å². The molecule has 4 aliphatic rings. The van der Waals surface area contributed by atoms with Crippen LogP contribution in [0.25, 0.3) is 0 Å². The first-order chi connectivity index (χ1) is 14.3. The predicted octanol–water partition coefficient (Wildman–Crippen LogP) is 5.70. The Morgan fingerprint density at radius 2 is 1.35 bits per heavy atom. The van der Waals surface area contributed by atoms with Crippen LogP contribution in [-0.4, -0.2) is 30.5 Å². The fourth-order valence-corrected chi connectivity index (χ4v) is 6.34. The van der Waals surface area contributed by atoms with Crippen molar-refractivity contribution in [3.8, 4) is 0 Å². The van der Waals surface area contributed by atoms with Gasteiger partial charge < -0.3 is 5.32 Å². The van der Waals surface area contributed by atoms with Gasteiger partial charge in [0, 0.05) is 17.1 Å². The van der Waals surface area contributed by atoms with Crippen molar-refractivity contribution in [3.05, 3.63) is 34.9 Å². The molecule has 0 spiro atoms. The number of halogens is 7. The number of rotatable bonds is 5. The van der Waals surface area contributed by atoms with Crippen molar-refractivity contribution < 1.29 is 31.1 Å². The van der Waals surface area contributed by atoms with Crippen LogP contribution in [0.1, 0.15) is 48.9 Å². The van der Waals surface area contributed by atoms with E-state index in [1.54, 1.807) is 5.32 Å². The Kier molecular flexibility index (Phi) is 5.52. The molecule has 31 heavy (non-hydrogen) atoms. The van der Waals surface area contributed by atoms with E-state index in [1.807, 2.05) is 0 Å². The summed E-state index contributed by atoms with van der Waals surface area (Å²) < 4.78 is 83.7. The van der Waals surface area contributed by atoms with Crippen LogP contribution in [0.3, 0.4) is 0 Å². The van der Waals surface area contributed by atoms with E-state index in [4.69, 9.17) is 11.6 Å². The number of hydrogen-bond acceptors (Lipinski definition) is 2. The standard InChI is InChI=1S/C21H23ClF6N2O/c22-16-3-1-15(2-4-16)17(31)30-19(20(23,24)25,21(26,27)28)29-11-18-8-12-5-13(9-18)7-14(6-12)10-18/h1-4,12-14,29H,5-11H2,(H,30,31). The Morgan fingerprint density at radius 1 is 0.903 bits per heavy atom. The van der Waals surface area contributed by atoms with Gasteiger partial charge in [-0.1, -0.05) is 11.6 Å². The summed E-state index contributed by atoms with van der Waals surface area (Å²) in [5, 5.41) is 3.21. The van der Waals surface area contributed by atoms with Gasteiger partial charge in [-0.05, 0) is 86.0 Å². The summed E-state index contributed by atoms with van der Waals surface area (Å²) in [7, 11) is 0. The van der Waals surface area contributed by atoms with E-state index >= 15 is 0 Å². The maximum absolute atomic E-state index is 14.0. The highest BCUT2D eigenvalue weighted by molar-refractivity contribution is 6.30. The molecule has 2 N–H and O–H groups in total. The Hall–Kier alpha value is -1.48. The average Bonchev–Trinajstić information content (AvgIpc) is 2.62. The Morgan fingerprint density at radius 3 is 1.77 bits per heavy atom. The van der Waals surface area contributed by atoms with Crippen LogP contribution in [0, 0.1) is 23.2 Å². The highest BCUT2D eigenvalue weighted by Gasteiger charge is 2.72. The first-order valence-electron chi connectivity index (χ1n) is 10.3. The third kappa shape index (κ3) is 4.15. The summed E-state index contributed by atoms with van der Waals surface area (Å²) in [6.07, 6.45) is -6.68. The van der Waals surface area contributed by atoms with E-state index in [1.165, 1.54) is 17.4 Å². The summed E-state index contributed by atoms with van der Waals surface area (Å²) >= 11 is 5.69. The van der Waals surface area contributed by atoms with Gasteiger partial charge in [-0.25, -0.2) is 0 Å². The van der Waals surface area contributed by atoms with Crippen LogP contribution < -0.4 is 10.6 Å². The van der Waals surface area contributed by atoms with Gasteiger partial charge in [0.05, 0.1) is 0 Å². The largest absolute Gasteiger partial charge is 0.434 e. The molecule has 10 heteroatoms. The molecule has 4 aliphatic carbocycles. The summed E-state index contributed by atoms with van der Waals surface area (Å²) in [4.78, 5) is 12.4. The molecule has 0 atom stereocenters. The minimum absolute atomic E-state index is 0.203. The molecule has 1 amide bonds. The molecular formula is C21H23ClF6N2O. The van der Waals surface area contributed by atoms with Gasteiger partial charge in [-0.15, -0.1) is 0 Å². The molecule has 0 aliphatic heterocycles. The van der Waals surface area contributed by atoms with Crippen LogP contribution in [0.2, 0.25) is 5.02 Å². The summed E-state index contributed by atoms with van der Waals surface area (Å²) in [6, 6.07) is 4.60. The van der Waals surface area contributed by atoms with E-state index in [2.05, 4.69) is 0 Å². The van der Waals surface area contributed by atoms with Gasteiger partial charge in [0.25, 0.3) is 11.6 Å². The normalized spacial score (nSPS) is 30.5. The quantitative estimate of drug-likeness (QED) is 0.430. The van der Waals surface area contributed by atoms with E-state index in [-0.39, 0.29) is 10.6 Å². The molecule has 1 aromatic rings. The van der Waals surface area contributed by atoms with Crippen molar-refractivity contribution in [1.29, 1.82) is 0 Å². The zero-order valence-electron chi connectivity index (χ0n) is 16.5. The third-order valence-electron chi connectivity index (χ3n) is 7.15. The molecule has 4 fully saturated rings. The summed E-state index contributed by atoms with van der Waals surface area (Å²) in [5.41, 5.74) is -5.49. The molecule has 0 heterocycles. The molecule has 4 bridgehead atoms. The predicted molar refractivity (Wildman–Crippen MR) is 102 cm³/mol. The molecule has 0 unspecified atom stereocenters. The fourth-order valence-electron chi connectivity index (χ4n) is 6.22. The number of alkyl halides is 6. The number of carbonyl (C=O) groups excluding carboxylic acids is 1. The van der Waals surface area contributed by atoms with Crippen LogP contribution >= 0.6 is 11.6 Å². The minimum atomic E-state index is -5.80. The molecule has 3 nitrogen and oxygen atoms in total. The molecule has 172 valence electrons. The smallest absolute Gasteiger partial charge is 0.319 e. The van der Waals surface area contributed by atoms with E-state index < -0.39 is 35.9 Å². The van der Waals surface area contributed by atoms with Crippen LogP contribution in [0.5, 0.6) is 0 Å². The molecule has 0 aromatic heterocycles. The van der Waals surface area contributed by atoms with Gasteiger partial charge in [-0.2, -0.15) is 26.3 Å². The lowest BCUT2D eigenvalue weighted by molar-refractivity contribution is -0.316. The summed E-state index contributed by atoms with van der Waals surface area (Å²) in [6.45, 7) is -0.448. The highest BCUT2D eigenvalue weighted by atomic mass is 35.5. The topological polar surface area (TPSA) is 41.1 Å². The van der Waals surface area contributed by atoms with Crippen molar-refractivity contribution in [1.82, 2.24) is 10.6 Å². The molecule has 1 aromatic carbocycles. The van der Waals surface area contributed by atoms with Gasteiger partial charge >= 0.3 is 12.4 Å². The number of hydrogen-bond donors (Lipinski definition) is 2. The lowest BCUT2D eigenvalue weighted by atomic mass is 9.49. The van der Waals surface area contributed by atoms with Crippen molar-refractivity contribution in [2.24, 2.45) is 23.2 Å². The lowest BCUT2D eigenvalue weighted by Gasteiger charge is -2.57. The second kappa shape index (κ2) is 7.54. The number of nitrogens with one attached hydrogen (secondary N) is 2. The van der Waals surface area contributed by atoms with Gasteiger partial charge in [0.15, 0.2) is 0 Å². The Balaban J connectivity index is 1.61. The Bertz CT molecular complexity index is 786. The zero-order chi connectivity index (χ0) is 22.7. The second-order valence-corrected chi connectivity index (χ2v) is 9.91. The van der Waals surface area contributed by atoms with Crippen molar-refractivity contribution in [2.75, 3.05) is 6.54 Å². The maximum atomic E-state index is 14.0. The average molecular weight is 469 g/mol. The number of carbonyl (C=O) groups is 1. The molecule has 0 radical (unpaired) electrons. The number of benzene rings is 1. The Labute approximate surface area is 180 Å². The SMILES string of the molecule is O=C(NC(NCC12CC3CC(CC(C3)C1)C2)(C(F)(F)F)C(F)(F)F)c1ccc(Cl)cc1. The first kappa shape index (κ1) is 22.7. The van der Waals surface area contributed by atoms with Crippen LogP contribution in [0.4, 0.5) is 26.3 Å². The molecule has 4 saturated carbocycles. The fraction of sp³-hybridized carbons (Fsp3) is 0.667. The molecule has 5 rings (SSSR count). The van der Waals surface area contributed by atoms with Crippen LogP contribution in [-0.2, 0) is 0 Å². The molecule has 0 saturated heterocycles. The maximum Gasteiger partial charge on any atom is 0.434 e. The zero-order valence-corrected chi connectivity index (χ0v) is 17.3. The minimum Gasteiger partial charge on any atom is -0.319 e. The number of amides is 1.